The Morgan fingerprint density at radius 3 is 2.52 bits per heavy atom. The molecule has 5 aromatic rings. The summed E-state index contributed by atoms with van der Waals surface area (Å²) in [6, 6.07) is 21.3. The maximum atomic E-state index is 14.0. The number of ether oxygens (including phenoxy) is 1. The second kappa shape index (κ2) is 12.5. The predicted molar refractivity (Wildman–Crippen MR) is 190 cm³/mol. The van der Waals surface area contributed by atoms with Crippen LogP contribution in [0.1, 0.15) is 66.5 Å². The lowest BCUT2D eigenvalue weighted by Gasteiger charge is -2.28. The average Bonchev–Trinajstić information content (AvgIpc) is 3.91. The number of oxazole rings is 2. The van der Waals surface area contributed by atoms with Gasteiger partial charge in [-0.1, -0.05) is 62.4 Å². The monoisotopic (exact) mass is 700 g/mol. The van der Waals surface area contributed by atoms with Gasteiger partial charge in [0.15, 0.2) is 23.4 Å². The zero-order valence-corrected chi connectivity index (χ0v) is 28.8. The normalized spacial score (nSPS) is 20.3. The highest BCUT2D eigenvalue weighted by atomic mass is 16.5. The molecule has 13 heteroatoms. The third-order valence-corrected chi connectivity index (χ3v) is 9.64. The second-order valence-electron chi connectivity index (χ2n) is 13.7. The van der Waals surface area contributed by atoms with E-state index in [9.17, 15) is 19.5 Å². The van der Waals surface area contributed by atoms with Crippen LogP contribution in [0.25, 0.3) is 17.3 Å². The van der Waals surface area contributed by atoms with Crippen molar-refractivity contribution in [3.05, 3.63) is 119 Å². The molecule has 0 saturated heterocycles. The van der Waals surface area contributed by atoms with Gasteiger partial charge in [0.2, 0.25) is 23.6 Å². The highest BCUT2D eigenvalue weighted by Crippen LogP contribution is 2.59. The number of carbonyl (C=O) groups is 3. The number of allylic oxidation sites excluding steroid dienone is 1. The molecular formula is C39H36N6O7. The van der Waals surface area contributed by atoms with Crippen molar-refractivity contribution in [3.8, 4) is 17.3 Å². The fourth-order valence-corrected chi connectivity index (χ4v) is 7.00. The molecule has 0 aliphatic carbocycles. The van der Waals surface area contributed by atoms with Crippen molar-refractivity contribution in [3.63, 3.8) is 0 Å². The summed E-state index contributed by atoms with van der Waals surface area (Å²) in [7, 11) is 0. The Morgan fingerprint density at radius 2 is 1.75 bits per heavy atom. The number of rotatable bonds is 6. The predicted octanol–water partition coefficient (Wildman–Crippen LogP) is 4.99. The summed E-state index contributed by atoms with van der Waals surface area (Å²) in [5, 5.41) is 22.6. The van der Waals surface area contributed by atoms with Gasteiger partial charge in [-0.05, 0) is 60.7 Å². The van der Waals surface area contributed by atoms with E-state index in [4.69, 9.17) is 18.6 Å². The largest absolute Gasteiger partial charge is 0.469 e. The number of anilines is 2. The molecule has 13 nitrogen and oxygen atoms in total. The minimum atomic E-state index is -1.31. The Bertz CT molecular complexity index is 2270. The molecule has 3 aliphatic rings. The Hall–Kier alpha value is -6.21. The minimum absolute atomic E-state index is 0.0208. The number of aliphatic hydroxyl groups excluding tert-OH is 1. The zero-order chi connectivity index (χ0) is 36.3. The molecule has 264 valence electrons. The van der Waals surface area contributed by atoms with Gasteiger partial charge in [-0.3, -0.25) is 14.4 Å². The second-order valence-corrected chi connectivity index (χ2v) is 13.7. The van der Waals surface area contributed by atoms with Crippen molar-refractivity contribution in [1.29, 1.82) is 0 Å². The topological polar surface area (TPSA) is 181 Å². The van der Waals surface area contributed by atoms with Crippen molar-refractivity contribution in [2.45, 2.75) is 57.9 Å². The van der Waals surface area contributed by atoms with Gasteiger partial charge in [0.1, 0.15) is 35.3 Å². The Balaban J connectivity index is 1.32. The maximum absolute atomic E-state index is 14.0. The van der Waals surface area contributed by atoms with Crippen LogP contribution < -0.4 is 26.0 Å². The molecule has 52 heavy (non-hydrogen) atoms. The van der Waals surface area contributed by atoms with E-state index >= 15 is 0 Å². The van der Waals surface area contributed by atoms with Gasteiger partial charge < -0.3 is 39.9 Å². The van der Waals surface area contributed by atoms with E-state index in [0.717, 1.165) is 22.4 Å². The van der Waals surface area contributed by atoms with E-state index in [2.05, 4.69) is 26.3 Å². The molecule has 5 heterocycles. The third kappa shape index (κ3) is 5.32. The molecule has 3 aliphatic heterocycles. The summed E-state index contributed by atoms with van der Waals surface area (Å²) in [5.41, 5.74) is 3.74. The number of hydrogen-bond donors (Lipinski definition) is 5. The Morgan fingerprint density at radius 1 is 0.981 bits per heavy atom. The van der Waals surface area contributed by atoms with Crippen molar-refractivity contribution in [2.75, 3.05) is 10.6 Å². The van der Waals surface area contributed by atoms with Crippen LogP contribution in [0.3, 0.4) is 0 Å². The SMILES string of the molecule is CC(C)=C1NC(=O)C(NC(=O)[C@@H](O)C(C)C)Cc2ccc3c(c2)C2(c4ccccc4NC2O3)c2oc1nc2-c1nc(C(=O)Nc2ccccc2)co1. The summed E-state index contributed by atoms with van der Waals surface area (Å²) >= 11 is 0. The molecule has 0 fully saturated rings. The Kier molecular flexibility index (Phi) is 7.94. The van der Waals surface area contributed by atoms with Crippen LogP contribution in [0, 0.1) is 5.92 Å². The molecule has 4 bridgehead atoms. The fourth-order valence-electron chi connectivity index (χ4n) is 7.00. The van der Waals surface area contributed by atoms with Gasteiger partial charge in [-0.25, -0.2) is 9.97 Å². The molecule has 5 N–H and O–H groups in total. The quantitative estimate of drug-likeness (QED) is 0.162. The summed E-state index contributed by atoms with van der Waals surface area (Å²) in [4.78, 5) is 49.9. The summed E-state index contributed by atoms with van der Waals surface area (Å²) in [5.74, 6) is -1.05. The molecule has 0 saturated carbocycles. The van der Waals surface area contributed by atoms with E-state index < -0.39 is 41.5 Å². The van der Waals surface area contributed by atoms with Crippen LogP contribution in [-0.2, 0) is 21.4 Å². The van der Waals surface area contributed by atoms with E-state index in [1.807, 2.05) is 60.7 Å². The van der Waals surface area contributed by atoms with Gasteiger partial charge in [0, 0.05) is 23.4 Å². The van der Waals surface area contributed by atoms with Crippen LogP contribution in [-0.4, -0.2) is 51.2 Å². The van der Waals surface area contributed by atoms with Crippen molar-refractivity contribution in [2.24, 2.45) is 5.92 Å². The lowest BCUT2D eigenvalue weighted by molar-refractivity contribution is -0.135. The highest BCUT2D eigenvalue weighted by molar-refractivity contribution is 6.03. The number of aromatic nitrogens is 2. The third-order valence-electron chi connectivity index (χ3n) is 9.64. The van der Waals surface area contributed by atoms with Crippen LogP contribution in [0.2, 0.25) is 0 Å². The lowest BCUT2D eigenvalue weighted by Crippen LogP contribution is -2.51. The number of nitrogens with one attached hydrogen (secondary N) is 4. The minimum Gasteiger partial charge on any atom is -0.469 e. The van der Waals surface area contributed by atoms with E-state index in [0.29, 0.717) is 22.8 Å². The standard InChI is InChI=1S/C39H36N6O7/c1-19(2)29-37-45-30(36-42-27(18-50-36)34(48)40-22-10-6-5-7-11-22)32(52-37)39-23-12-8-9-13-25(23)43-38(39)51-28-15-14-21(16-24(28)39)17-26(33(47)44-29)41-35(49)31(46)20(3)4/h5-16,18,20,26,31,38,43,46H,17H2,1-4H3,(H,40,48)(H,41,49)(H,44,47)/t26?,31-,38?,39?/m0/s1. The number of carbonyl (C=O) groups excluding carboxylic acids is 3. The van der Waals surface area contributed by atoms with Crippen LogP contribution in [0.5, 0.6) is 5.75 Å². The first kappa shape index (κ1) is 33.0. The van der Waals surface area contributed by atoms with Crippen molar-refractivity contribution < 1.29 is 33.1 Å². The van der Waals surface area contributed by atoms with Crippen molar-refractivity contribution in [1.82, 2.24) is 20.6 Å². The number of fused-ring (bicyclic) bond motifs is 4. The first-order chi connectivity index (χ1) is 25.0. The number of nitrogens with zero attached hydrogens (tertiary/aromatic N) is 2. The number of amides is 3. The fraction of sp³-hybridized carbons (Fsp3) is 0.256. The molecule has 3 aromatic carbocycles. The Labute approximate surface area is 298 Å². The maximum Gasteiger partial charge on any atom is 0.277 e. The van der Waals surface area contributed by atoms with Gasteiger partial charge in [-0.2, -0.15) is 0 Å². The highest BCUT2D eigenvalue weighted by Gasteiger charge is 2.61. The molecule has 0 radical (unpaired) electrons. The van der Waals surface area contributed by atoms with Crippen LogP contribution >= 0.6 is 0 Å². The number of aliphatic hydroxyl groups is 1. The lowest BCUT2D eigenvalue weighted by atomic mass is 9.72. The molecule has 8 rings (SSSR count). The van der Waals surface area contributed by atoms with E-state index in [1.165, 1.54) is 6.26 Å². The summed E-state index contributed by atoms with van der Waals surface area (Å²) in [6.45, 7) is 7.04. The van der Waals surface area contributed by atoms with Crippen molar-refractivity contribution >= 4 is 34.8 Å². The van der Waals surface area contributed by atoms with E-state index in [1.54, 1.807) is 39.8 Å². The number of para-hydroxylation sites is 2. The first-order valence-corrected chi connectivity index (χ1v) is 17.0. The summed E-state index contributed by atoms with van der Waals surface area (Å²) in [6.07, 6.45) is -0.626. The molecule has 1 spiro atoms. The van der Waals surface area contributed by atoms with Crippen LogP contribution in [0.15, 0.2) is 93.5 Å². The van der Waals surface area contributed by atoms with Gasteiger partial charge >= 0.3 is 0 Å². The van der Waals surface area contributed by atoms with Gasteiger partial charge in [0.05, 0.1) is 0 Å². The van der Waals surface area contributed by atoms with E-state index in [-0.39, 0.29) is 41.2 Å². The number of benzene rings is 3. The zero-order valence-electron chi connectivity index (χ0n) is 28.8. The molecular weight excluding hydrogens is 664 g/mol. The molecule has 3 amide bonds. The van der Waals surface area contributed by atoms with Crippen LogP contribution in [0.4, 0.5) is 11.4 Å². The molecule has 3 unspecified atom stereocenters. The first-order valence-electron chi connectivity index (χ1n) is 17.0. The van der Waals surface area contributed by atoms with Gasteiger partial charge in [0.25, 0.3) is 5.91 Å². The number of hydrogen-bond acceptors (Lipinski definition) is 10. The summed E-state index contributed by atoms with van der Waals surface area (Å²) < 4.78 is 19.4. The average molecular weight is 701 g/mol. The molecule has 2 aromatic heterocycles. The van der Waals surface area contributed by atoms with Gasteiger partial charge in [-0.15, -0.1) is 0 Å². The smallest absolute Gasteiger partial charge is 0.277 e. The molecule has 4 atom stereocenters.